The molecule has 0 saturated carbocycles. The molecule has 1 heterocycles. The van der Waals surface area contributed by atoms with Crippen molar-refractivity contribution in [3.63, 3.8) is 0 Å². The van der Waals surface area contributed by atoms with Crippen LogP contribution < -0.4 is 18.9 Å². The number of benzene rings is 3. The number of esters is 1. The molecule has 0 bridgehead atoms. The molecule has 0 aliphatic rings. The lowest BCUT2D eigenvalue weighted by molar-refractivity contribution is -0.750. The Balaban J connectivity index is 1.31. The van der Waals surface area contributed by atoms with Gasteiger partial charge in [-0.3, -0.25) is 0 Å². The summed E-state index contributed by atoms with van der Waals surface area (Å²) in [6.45, 7) is 2.45. The van der Waals surface area contributed by atoms with Crippen molar-refractivity contribution in [2.75, 3.05) is 26.1 Å². The Bertz CT molecular complexity index is 1350. The summed E-state index contributed by atoms with van der Waals surface area (Å²) in [5, 5.41) is 10.1. The number of aliphatic hydroxyl groups excluding tert-OH is 1. The molecule has 1 aromatic heterocycles. The van der Waals surface area contributed by atoms with Crippen LogP contribution in [0.5, 0.6) is 11.5 Å². The zero-order valence-electron chi connectivity index (χ0n) is 23.5. The smallest absolute Gasteiger partial charge is 0.343 e. The Kier molecular flexibility index (Phi) is 9.89. The number of rotatable bonds is 12. The molecule has 0 radical (unpaired) electrons. The number of aliphatic hydroxyl groups is 1. The monoisotopic (exact) mass is 541 g/mol. The fourth-order valence-corrected chi connectivity index (χ4v) is 4.31. The SMILES string of the molecule is CCCC(O)c1ccc(COc2ccc(OC(=O)c3ccc(C(OC)[n+]4ccc(N(C)C)cc4)cc3)cc2)cc1. The van der Waals surface area contributed by atoms with Crippen molar-refractivity contribution in [2.24, 2.45) is 0 Å². The van der Waals surface area contributed by atoms with Crippen LogP contribution in [0.4, 0.5) is 5.69 Å². The Hall–Kier alpha value is -4.20. The molecule has 3 aromatic carbocycles. The molecule has 0 fully saturated rings. The summed E-state index contributed by atoms with van der Waals surface area (Å²) in [5.41, 5.74) is 4.37. The molecule has 0 aliphatic carbocycles. The molecule has 208 valence electrons. The molecule has 0 saturated heterocycles. The number of nitrogens with zero attached hydrogens (tertiary/aromatic N) is 2. The standard InChI is InChI=1S/C33H37N2O5/c1-5-6-31(36)25-9-7-24(8-10-25)23-39-29-15-17-30(18-16-29)40-33(37)27-13-11-26(12-14-27)32(38-4)35-21-19-28(20-22-35)34(2)3/h7-22,31-32,36H,5-6,23H2,1-4H3/q+1. The molecule has 7 heteroatoms. The summed E-state index contributed by atoms with van der Waals surface area (Å²) in [5.74, 6) is 0.658. The van der Waals surface area contributed by atoms with Crippen molar-refractivity contribution in [3.8, 4) is 11.5 Å². The zero-order chi connectivity index (χ0) is 28.5. The fourth-order valence-electron chi connectivity index (χ4n) is 4.31. The largest absolute Gasteiger partial charge is 0.489 e. The van der Waals surface area contributed by atoms with Gasteiger partial charge in [-0.05, 0) is 66.1 Å². The molecule has 0 spiro atoms. The highest BCUT2D eigenvalue weighted by Crippen LogP contribution is 2.22. The third-order valence-electron chi connectivity index (χ3n) is 6.64. The van der Waals surface area contributed by atoms with Gasteiger partial charge in [-0.2, -0.15) is 4.57 Å². The van der Waals surface area contributed by atoms with Crippen molar-refractivity contribution in [1.82, 2.24) is 0 Å². The van der Waals surface area contributed by atoms with E-state index in [0.29, 0.717) is 23.7 Å². The molecule has 0 aliphatic heterocycles. The van der Waals surface area contributed by atoms with E-state index in [0.717, 1.165) is 35.2 Å². The van der Waals surface area contributed by atoms with E-state index in [1.54, 1.807) is 43.5 Å². The van der Waals surface area contributed by atoms with Crippen molar-refractivity contribution in [2.45, 2.75) is 38.7 Å². The minimum Gasteiger partial charge on any atom is -0.489 e. The van der Waals surface area contributed by atoms with Crippen molar-refractivity contribution >= 4 is 11.7 Å². The summed E-state index contributed by atoms with van der Waals surface area (Å²) in [7, 11) is 5.65. The van der Waals surface area contributed by atoms with Crippen LogP contribution in [0, 0.1) is 0 Å². The third-order valence-corrected chi connectivity index (χ3v) is 6.64. The first-order chi connectivity index (χ1) is 19.4. The highest BCUT2D eigenvalue weighted by atomic mass is 16.5. The second-order valence-electron chi connectivity index (χ2n) is 9.80. The minimum absolute atomic E-state index is 0.320. The molecule has 0 amide bonds. The highest BCUT2D eigenvalue weighted by molar-refractivity contribution is 5.91. The topological polar surface area (TPSA) is 72.1 Å². The van der Waals surface area contributed by atoms with Crippen LogP contribution in [0.2, 0.25) is 0 Å². The molecule has 1 N–H and O–H groups in total. The van der Waals surface area contributed by atoms with Crippen LogP contribution in [-0.4, -0.2) is 32.3 Å². The lowest BCUT2D eigenvalue weighted by atomic mass is 10.0. The maximum Gasteiger partial charge on any atom is 0.343 e. The van der Waals surface area contributed by atoms with Gasteiger partial charge in [-0.15, -0.1) is 0 Å². The number of carbonyl (C=O) groups excluding carboxylic acids is 1. The van der Waals surface area contributed by atoms with E-state index in [1.165, 1.54) is 0 Å². The molecule has 7 nitrogen and oxygen atoms in total. The first-order valence-electron chi connectivity index (χ1n) is 13.4. The van der Waals surface area contributed by atoms with Crippen molar-refractivity contribution in [3.05, 3.63) is 120 Å². The van der Waals surface area contributed by atoms with Gasteiger partial charge in [0.05, 0.1) is 11.7 Å². The van der Waals surface area contributed by atoms with E-state index in [1.807, 2.05) is 84.5 Å². The zero-order valence-corrected chi connectivity index (χ0v) is 23.5. The predicted molar refractivity (Wildman–Crippen MR) is 155 cm³/mol. The van der Waals surface area contributed by atoms with Crippen LogP contribution >= 0.6 is 0 Å². The first-order valence-corrected chi connectivity index (χ1v) is 13.4. The van der Waals surface area contributed by atoms with E-state index < -0.39 is 12.1 Å². The molecular formula is C33H37N2O5+. The fraction of sp³-hybridized carbons (Fsp3) is 0.273. The van der Waals surface area contributed by atoms with Gasteiger partial charge in [0, 0.05) is 44.6 Å². The van der Waals surface area contributed by atoms with E-state index >= 15 is 0 Å². The second-order valence-corrected chi connectivity index (χ2v) is 9.80. The van der Waals surface area contributed by atoms with Gasteiger partial charge >= 0.3 is 5.97 Å². The van der Waals surface area contributed by atoms with E-state index in [2.05, 4.69) is 6.92 Å². The van der Waals surface area contributed by atoms with Crippen molar-refractivity contribution in [1.29, 1.82) is 0 Å². The van der Waals surface area contributed by atoms with E-state index in [9.17, 15) is 9.90 Å². The number of aromatic nitrogens is 1. The molecule has 4 aromatic rings. The van der Waals surface area contributed by atoms with Crippen LogP contribution in [0.3, 0.4) is 0 Å². The normalized spacial score (nSPS) is 12.4. The van der Waals surface area contributed by atoms with Gasteiger partial charge in [-0.1, -0.05) is 37.6 Å². The lowest BCUT2D eigenvalue weighted by Gasteiger charge is -2.14. The molecule has 2 atom stereocenters. The molecule has 4 rings (SSSR count). The summed E-state index contributed by atoms with van der Waals surface area (Å²) in [4.78, 5) is 14.8. The Morgan fingerprint density at radius 2 is 1.45 bits per heavy atom. The summed E-state index contributed by atoms with van der Waals surface area (Å²) < 4.78 is 19.1. The van der Waals surface area contributed by atoms with Crippen LogP contribution in [0.25, 0.3) is 0 Å². The molecule has 2 unspecified atom stereocenters. The van der Waals surface area contributed by atoms with Gasteiger partial charge < -0.3 is 24.2 Å². The minimum atomic E-state index is -0.442. The van der Waals surface area contributed by atoms with Gasteiger partial charge in [0.1, 0.15) is 18.1 Å². The summed E-state index contributed by atoms with van der Waals surface area (Å²) in [6.07, 6.45) is 4.87. The van der Waals surface area contributed by atoms with E-state index in [-0.39, 0.29) is 6.23 Å². The number of hydrogen-bond acceptors (Lipinski definition) is 6. The van der Waals surface area contributed by atoms with Crippen LogP contribution in [-0.2, 0) is 11.3 Å². The maximum atomic E-state index is 12.7. The first kappa shape index (κ1) is 28.8. The average molecular weight is 542 g/mol. The lowest BCUT2D eigenvalue weighted by Crippen LogP contribution is -2.40. The number of carbonyl (C=O) groups is 1. The number of pyridine rings is 1. The van der Waals surface area contributed by atoms with Gasteiger partial charge in [0.15, 0.2) is 12.4 Å². The second kappa shape index (κ2) is 13.7. The summed E-state index contributed by atoms with van der Waals surface area (Å²) in [6, 6.07) is 26.0. The highest BCUT2D eigenvalue weighted by Gasteiger charge is 2.21. The van der Waals surface area contributed by atoms with Gasteiger partial charge in [0.2, 0.25) is 0 Å². The third kappa shape index (κ3) is 7.46. The van der Waals surface area contributed by atoms with Gasteiger partial charge in [0.25, 0.3) is 6.23 Å². The molecule has 40 heavy (non-hydrogen) atoms. The maximum absolute atomic E-state index is 12.7. The number of hydrogen-bond donors (Lipinski definition) is 1. The average Bonchev–Trinajstić information content (AvgIpc) is 2.98. The number of ether oxygens (including phenoxy) is 3. The Labute approximate surface area is 236 Å². The predicted octanol–water partition coefficient (Wildman–Crippen LogP) is 5.87. The number of methoxy groups -OCH3 is 1. The quantitative estimate of drug-likeness (QED) is 0.138. The van der Waals surface area contributed by atoms with Crippen molar-refractivity contribution < 1.29 is 28.7 Å². The van der Waals surface area contributed by atoms with Crippen LogP contribution in [0.15, 0.2) is 97.3 Å². The Morgan fingerprint density at radius 1 is 0.850 bits per heavy atom. The Morgan fingerprint density at radius 3 is 2.02 bits per heavy atom. The number of anilines is 1. The molecular weight excluding hydrogens is 504 g/mol. The van der Waals surface area contributed by atoms with E-state index in [4.69, 9.17) is 14.2 Å². The van der Waals surface area contributed by atoms with Gasteiger partial charge in [-0.25, -0.2) is 4.79 Å². The summed E-state index contributed by atoms with van der Waals surface area (Å²) >= 11 is 0. The van der Waals surface area contributed by atoms with Crippen LogP contribution in [0.1, 0.15) is 59.1 Å².